The second kappa shape index (κ2) is 5.24. The van der Waals surface area contributed by atoms with Crippen molar-refractivity contribution in [3.05, 3.63) is 37.9 Å². The van der Waals surface area contributed by atoms with Crippen LogP contribution in [-0.4, -0.2) is 22.7 Å². The highest BCUT2D eigenvalue weighted by Gasteiger charge is 2.36. The van der Waals surface area contributed by atoms with Crippen LogP contribution in [0.25, 0.3) is 0 Å². The number of carbonyl (C=O) groups excluding carboxylic acids is 1. The van der Waals surface area contributed by atoms with Gasteiger partial charge in [-0.15, -0.1) is 0 Å². The van der Waals surface area contributed by atoms with Gasteiger partial charge in [0, 0.05) is 5.56 Å². The number of nitro benzene ring substituents is 2. The number of carbonyl (C=O) groups is 1. The third-order valence-electron chi connectivity index (χ3n) is 3.24. The second-order valence-electron chi connectivity index (χ2n) is 4.74. The summed E-state index contributed by atoms with van der Waals surface area (Å²) in [6, 6.07) is 2.00. The van der Waals surface area contributed by atoms with Gasteiger partial charge in [0.15, 0.2) is 5.75 Å². The van der Waals surface area contributed by atoms with Crippen molar-refractivity contribution in [3.63, 3.8) is 0 Å². The van der Waals surface area contributed by atoms with E-state index >= 15 is 0 Å². The maximum absolute atomic E-state index is 11.7. The molecule has 0 aliphatic heterocycles. The highest BCUT2D eigenvalue weighted by Crippen LogP contribution is 2.40. The topological polar surface area (TPSA) is 113 Å². The van der Waals surface area contributed by atoms with Crippen LogP contribution in [0.15, 0.2) is 12.1 Å². The van der Waals surface area contributed by atoms with Crippen molar-refractivity contribution < 1.29 is 19.4 Å². The predicted octanol–water partition coefficient (Wildman–Crippen LogP) is 2.38. The molecule has 0 bridgehead atoms. The van der Waals surface area contributed by atoms with E-state index in [1.54, 1.807) is 0 Å². The largest absolute Gasteiger partial charge is 0.490 e. The van der Waals surface area contributed by atoms with E-state index in [9.17, 15) is 25.0 Å². The number of benzene rings is 1. The summed E-state index contributed by atoms with van der Waals surface area (Å²) in [6.07, 6.45) is 0. The van der Waals surface area contributed by atoms with Gasteiger partial charge < -0.3 is 4.74 Å². The molecule has 0 unspecified atom stereocenters. The maximum atomic E-state index is 11.7. The van der Waals surface area contributed by atoms with Crippen molar-refractivity contribution in [2.24, 2.45) is 0 Å². The summed E-state index contributed by atoms with van der Waals surface area (Å²) in [5.74, 6) is -0.415. The zero-order chi connectivity index (χ0) is 15.7. The van der Waals surface area contributed by atoms with Crippen LogP contribution in [0.4, 0.5) is 11.4 Å². The summed E-state index contributed by atoms with van der Waals surface area (Å²) in [5.41, 5.74) is -2.05. The molecule has 0 N–H and O–H groups in total. The Balaban J connectivity index is 3.72. The van der Waals surface area contributed by atoms with Crippen LogP contribution in [0.1, 0.15) is 26.3 Å². The Bertz CT molecular complexity index is 594. The summed E-state index contributed by atoms with van der Waals surface area (Å²) in [5, 5.41) is 22.0. The SMILES string of the molecule is COc1cc(C(C)(C)C(C)=O)c([N+](=O)[O-])cc1[N+](=O)[O-]. The fraction of sp³-hybridized carbons (Fsp3) is 0.417. The van der Waals surface area contributed by atoms with Crippen LogP contribution in [0.2, 0.25) is 0 Å². The van der Waals surface area contributed by atoms with Gasteiger partial charge in [-0.1, -0.05) is 0 Å². The normalized spacial score (nSPS) is 11.0. The van der Waals surface area contributed by atoms with E-state index in [1.807, 2.05) is 0 Å². The molecule has 0 fully saturated rings. The summed E-state index contributed by atoms with van der Waals surface area (Å²) >= 11 is 0. The van der Waals surface area contributed by atoms with Gasteiger partial charge >= 0.3 is 5.69 Å². The molecule has 1 rings (SSSR count). The van der Waals surface area contributed by atoms with E-state index in [0.717, 1.165) is 6.07 Å². The molecule has 20 heavy (non-hydrogen) atoms. The first-order valence-electron chi connectivity index (χ1n) is 5.65. The number of methoxy groups -OCH3 is 1. The van der Waals surface area contributed by atoms with E-state index in [-0.39, 0.29) is 17.1 Å². The van der Waals surface area contributed by atoms with Gasteiger partial charge in [0.1, 0.15) is 5.78 Å². The van der Waals surface area contributed by atoms with Crippen LogP contribution in [0.3, 0.4) is 0 Å². The number of ketones is 1. The van der Waals surface area contributed by atoms with Gasteiger partial charge in [0.05, 0.1) is 28.4 Å². The summed E-state index contributed by atoms with van der Waals surface area (Å²) < 4.78 is 4.88. The molecule has 0 aliphatic carbocycles. The summed E-state index contributed by atoms with van der Waals surface area (Å²) in [6.45, 7) is 4.34. The minimum absolute atomic E-state index is 0.0810. The molecule has 108 valence electrons. The Labute approximate surface area is 114 Å². The van der Waals surface area contributed by atoms with E-state index in [1.165, 1.54) is 33.9 Å². The Morgan fingerprint density at radius 2 is 1.65 bits per heavy atom. The molecule has 8 heteroatoms. The van der Waals surface area contributed by atoms with Gasteiger partial charge in [0.2, 0.25) is 0 Å². The number of ether oxygens (including phenoxy) is 1. The van der Waals surface area contributed by atoms with E-state index in [4.69, 9.17) is 4.74 Å². The molecule has 0 heterocycles. The molecule has 1 aromatic rings. The highest BCUT2D eigenvalue weighted by molar-refractivity contribution is 5.89. The van der Waals surface area contributed by atoms with Crippen LogP contribution in [0, 0.1) is 20.2 Å². The monoisotopic (exact) mass is 282 g/mol. The fourth-order valence-electron chi connectivity index (χ4n) is 1.70. The average Bonchev–Trinajstić information content (AvgIpc) is 2.36. The molecular weight excluding hydrogens is 268 g/mol. The zero-order valence-electron chi connectivity index (χ0n) is 11.5. The first-order chi connectivity index (χ1) is 9.12. The molecule has 0 saturated heterocycles. The lowest BCUT2D eigenvalue weighted by molar-refractivity contribution is -0.395. The molecule has 0 aliphatic rings. The lowest BCUT2D eigenvalue weighted by atomic mass is 9.80. The molecule has 8 nitrogen and oxygen atoms in total. The number of nitrogens with zero attached hydrogens (tertiary/aromatic N) is 2. The highest BCUT2D eigenvalue weighted by atomic mass is 16.6. The number of Topliss-reactive ketones (excluding diaryl/α,β-unsaturated/α-hetero) is 1. The minimum Gasteiger partial charge on any atom is -0.490 e. The van der Waals surface area contributed by atoms with Crippen molar-refractivity contribution in [2.45, 2.75) is 26.2 Å². The summed E-state index contributed by atoms with van der Waals surface area (Å²) in [7, 11) is 1.22. The minimum atomic E-state index is -1.15. The number of rotatable bonds is 5. The molecule has 0 amide bonds. The van der Waals surface area contributed by atoms with E-state index in [2.05, 4.69) is 0 Å². The van der Waals surface area contributed by atoms with Crippen molar-refractivity contribution in [3.8, 4) is 5.75 Å². The van der Waals surface area contributed by atoms with Crippen LogP contribution in [-0.2, 0) is 10.2 Å². The Kier molecular flexibility index (Phi) is 4.07. The molecule has 0 saturated carbocycles. The molecule has 0 aromatic heterocycles. The number of hydrogen-bond donors (Lipinski definition) is 0. The number of nitro groups is 2. The van der Waals surface area contributed by atoms with E-state index < -0.39 is 26.6 Å². The van der Waals surface area contributed by atoms with Crippen molar-refractivity contribution in [2.75, 3.05) is 7.11 Å². The molecule has 0 spiro atoms. The molecule has 0 atom stereocenters. The zero-order valence-corrected chi connectivity index (χ0v) is 11.5. The number of hydrogen-bond acceptors (Lipinski definition) is 6. The van der Waals surface area contributed by atoms with E-state index in [0.29, 0.717) is 0 Å². The van der Waals surface area contributed by atoms with Gasteiger partial charge in [-0.05, 0) is 26.8 Å². The lowest BCUT2D eigenvalue weighted by Gasteiger charge is -2.21. The Morgan fingerprint density at radius 1 is 1.15 bits per heavy atom. The Morgan fingerprint density at radius 3 is 2.00 bits per heavy atom. The second-order valence-corrected chi connectivity index (χ2v) is 4.74. The molecule has 1 aromatic carbocycles. The standard InChI is InChI=1S/C12H14N2O6/c1-7(15)12(2,3)8-5-11(20-4)10(14(18)19)6-9(8)13(16)17/h5-6H,1-4H3. The fourth-order valence-corrected chi connectivity index (χ4v) is 1.70. The smallest absolute Gasteiger partial charge is 0.317 e. The maximum Gasteiger partial charge on any atom is 0.317 e. The van der Waals surface area contributed by atoms with Crippen LogP contribution < -0.4 is 4.74 Å². The third kappa shape index (κ3) is 2.58. The third-order valence-corrected chi connectivity index (χ3v) is 3.24. The van der Waals surface area contributed by atoms with Crippen molar-refractivity contribution >= 4 is 17.2 Å². The van der Waals surface area contributed by atoms with Gasteiger partial charge in [-0.2, -0.15) is 0 Å². The van der Waals surface area contributed by atoms with Gasteiger partial charge in [-0.3, -0.25) is 25.0 Å². The average molecular weight is 282 g/mol. The quantitative estimate of drug-likeness (QED) is 0.605. The molecule has 0 radical (unpaired) electrons. The van der Waals surface area contributed by atoms with Gasteiger partial charge in [0.25, 0.3) is 5.69 Å². The molecular formula is C12H14N2O6. The first-order valence-corrected chi connectivity index (χ1v) is 5.65. The van der Waals surface area contributed by atoms with Crippen LogP contribution >= 0.6 is 0 Å². The predicted molar refractivity (Wildman–Crippen MR) is 70.0 cm³/mol. The first kappa shape index (κ1) is 15.5. The lowest BCUT2D eigenvalue weighted by Crippen LogP contribution is -2.27. The Hall–Kier alpha value is -2.51. The van der Waals surface area contributed by atoms with Gasteiger partial charge in [-0.25, -0.2) is 0 Å². The van der Waals surface area contributed by atoms with Crippen LogP contribution in [0.5, 0.6) is 5.75 Å². The van der Waals surface area contributed by atoms with Crippen molar-refractivity contribution in [1.82, 2.24) is 0 Å². The van der Waals surface area contributed by atoms with Crippen molar-refractivity contribution in [1.29, 1.82) is 0 Å². The summed E-state index contributed by atoms with van der Waals surface area (Å²) in [4.78, 5) is 32.1.